The van der Waals surface area contributed by atoms with E-state index in [1.54, 1.807) is 0 Å². The lowest BCUT2D eigenvalue weighted by Gasteiger charge is -2.32. The summed E-state index contributed by atoms with van der Waals surface area (Å²) in [5.41, 5.74) is 0.993. The molecule has 1 aromatic carbocycles. The zero-order valence-electron chi connectivity index (χ0n) is 13.0. The van der Waals surface area contributed by atoms with Crippen molar-refractivity contribution in [2.45, 2.75) is 45.8 Å². The summed E-state index contributed by atoms with van der Waals surface area (Å²) in [7, 11) is -0.560. The van der Waals surface area contributed by atoms with Crippen LogP contribution in [0.2, 0.25) is 0 Å². The predicted octanol–water partition coefficient (Wildman–Crippen LogP) is 2.98. The van der Waals surface area contributed by atoms with Gasteiger partial charge in [0.15, 0.2) is 0 Å². The first kappa shape index (κ1) is 14.5. The molecule has 5 heteroatoms. The third-order valence-corrected chi connectivity index (χ3v) is 4.43. The van der Waals surface area contributed by atoms with E-state index >= 15 is 0 Å². The highest BCUT2D eigenvalue weighted by molar-refractivity contribution is 6.62. The van der Waals surface area contributed by atoms with Crippen LogP contribution in [-0.4, -0.2) is 23.3 Å². The van der Waals surface area contributed by atoms with Crippen LogP contribution in [0.15, 0.2) is 24.3 Å². The van der Waals surface area contributed by atoms with Crippen molar-refractivity contribution < 1.29 is 13.7 Å². The average molecular weight is 287 g/mol. The summed E-state index contributed by atoms with van der Waals surface area (Å²) in [4.78, 5) is 4.24. The molecule has 110 valence electrons. The first-order valence-corrected chi connectivity index (χ1v) is 7.12. The standard InChI is InChI=1S/C16H19BFNO2/c1-10-6-7-11-8-12(9-13(18)14(11)19-10)17-20-15(2,3)16(4,5)21-17/h6-9H,1-5H3. The van der Waals surface area contributed by atoms with E-state index in [1.807, 2.05) is 52.8 Å². The zero-order chi connectivity index (χ0) is 15.4. The maximum absolute atomic E-state index is 14.3. The van der Waals surface area contributed by atoms with E-state index in [4.69, 9.17) is 9.31 Å². The maximum Gasteiger partial charge on any atom is 0.494 e. The Morgan fingerprint density at radius 3 is 2.29 bits per heavy atom. The monoisotopic (exact) mass is 287 g/mol. The fraction of sp³-hybridized carbons (Fsp3) is 0.438. The molecule has 2 aromatic rings. The minimum absolute atomic E-state index is 0.346. The Hall–Kier alpha value is -1.46. The van der Waals surface area contributed by atoms with Gasteiger partial charge in [0.05, 0.1) is 11.2 Å². The van der Waals surface area contributed by atoms with E-state index in [2.05, 4.69) is 4.98 Å². The van der Waals surface area contributed by atoms with E-state index in [-0.39, 0.29) is 5.82 Å². The van der Waals surface area contributed by atoms with Gasteiger partial charge in [-0.1, -0.05) is 12.1 Å². The molecule has 0 saturated carbocycles. The Morgan fingerprint density at radius 1 is 1.05 bits per heavy atom. The summed E-state index contributed by atoms with van der Waals surface area (Å²) in [6.45, 7) is 9.77. The van der Waals surface area contributed by atoms with Gasteiger partial charge in [-0.2, -0.15) is 0 Å². The minimum Gasteiger partial charge on any atom is -0.399 e. The molecule has 21 heavy (non-hydrogen) atoms. The van der Waals surface area contributed by atoms with Gasteiger partial charge in [-0.25, -0.2) is 4.39 Å². The molecule has 0 aliphatic carbocycles. The number of hydrogen-bond donors (Lipinski definition) is 0. The van der Waals surface area contributed by atoms with Crippen LogP contribution in [0, 0.1) is 12.7 Å². The lowest BCUT2D eigenvalue weighted by atomic mass is 9.78. The van der Waals surface area contributed by atoms with Crippen LogP contribution in [0.1, 0.15) is 33.4 Å². The molecule has 0 atom stereocenters. The number of fused-ring (bicyclic) bond motifs is 1. The number of benzene rings is 1. The van der Waals surface area contributed by atoms with Crippen LogP contribution >= 0.6 is 0 Å². The van der Waals surface area contributed by atoms with E-state index in [0.29, 0.717) is 11.0 Å². The fourth-order valence-electron chi connectivity index (χ4n) is 2.43. The van der Waals surface area contributed by atoms with Crippen molar-refractivity contribution >= 4 is 23.5 Å². The molecular weight excluding hydrogens is 268 g/mol. The Kier molecular flexibility index (Phi) is 3.12. The molecule has 1 aliphatic rings. The molecule has 0 unspecified atom stereocenters. The quantitative estimate of drug-likeness (QED) is 0.756. The molecule has 1 aromatic heterocycles. The molecular formula is C16H19BFNO2. The minimum atomic E-state index is -0.560. The summed E-state index contributed by atoms with van der Waals surface area (Å²) in [6, 6.07) is 7.08. The van der Waals surface area contributed by atoms with Crippen LogP contribution in [0.5, 0.6) is 0 Å². The predicted molar refractivity (Wildman–Crippen MR) is 82.2 cm³/mol. The molecule has 0 N–H and O–H groups in total. The fourth-order valence-corrected chi connectivity index (χ4v) is 2.43. The molecule has 2 heterocycles. The lowest BCUT2D eigenvalue weighted by Crippen LogP contribution is -2.41. The van der Waals surface area contributed by atoms with Crippen molar-refractivity contribution in [3.63, 3.8) is 0 Å². The van der Waals surface area contributed by atoms with Gasteiger partial charge in [0.2, 0.25) is 0 Å². The Labute approximate surface area is 124 Å². The maximum atomic E-state index is 14.3. The van der Waals surface area contributed by atoms with Gasteiger partial charge < -0.3 is 9.31 Å². The van der Waals surface area contributed by atoms with Crippen LogP contribution in [0.4, 0.5) is 4.39 Å². The normalized spacial score (nSPS) is 20.2. The largest absolute Gasteiger partial charge is 0.494 e. The number of nitrogens with zero attached hydrogens (tertiary/aromatic N) is 1. The molecule has 0 bridgehead atoms. The Balaban J connectivity index is 2.05. The number of aryl methyl sites for hydroxylation is 1. The summed E-state index contributed by atoms with van der Waals surface area (Å²) >= 11 is 0. The first-order chi connectivity index (χ1) is 9.69. The van der Waals surface area contributed by atoms with E-state index in [1.165, 1.54) is 6.07 Å². The highest BCUT2D eigenvalue weighted by Gasteiger charge is 2.51. The van der Waals surface area contributed by atoms with E-state index in [0.717, 1.165) is 11.1 Å². The van der Waals surface area contributed by atoms with Crippen LogP contribution in [-0.2, 0) is 9.31 Å². The summed E-state index contributed by atoms with van der Waals surface area (Å²) in [5, 5.41) is 0.755. The van der Waals surface area contributed by atoms with Gasteiger partial charge in [0.1, 0.15) is 11.3 Å². The summed E-state index contributed by atoms with van der Waals surface area (Å²) in [5.74, 6) is -0.346. The van der Waals surface area contributed by atoms with Crippen molar-refractivity contribution in [2.24, 2.45) is 0 Å². The van der Waals surface area contributed by atoms with Crippen molar-refractivity contribution in [3.05, 3.63) is 35.8 Å². The summed E-state index contributed by atoms with van der Waals surface area (Å²) < 4.78 is 26.2. The van der Waals surface area contributed by atoms with Crippen LogP contribution < -0.4 is 5.46 Å². The molecule has 3 rings (SSSR count). The molecule has 0 amide bonds. The second-order valence-corrected chi connectivity index (χ2v) is 6.62. The number of aromatic nitrogens is 1. The van der Waals surface area contributed by atoms with Crippen LogP contribution in [0.3, 0.4) is 0 Å². The molecule has 0 spiro atoms. The summed E-state index contributed by atoms with van der Waals surface area (Å²) in [6.07, 6.45) is 0. The topological polar surface area (TPSA) is 31.4 Å². The number of pyridine rings is 1. The highest BCUT2D eigenvalue weighted by atomic mass is 19.1. The molecule has 1 saturated heterocycles. The zero-order valence-corrected chi connectivity index (χ0v) is 13.0. The SMILES string of the molecule is Cc1ccc2cc(B3OC(C)(C)C(C)(C)O3)cc(F)c2n1. The van der Waals surface area contributed by atoms with E-state index < -0.39 is 18.3 Å². The number of rotatable bonds is 1. The second kappa shape index (κ2) is 4.52. The van der Waals surface area contributed by atoms with Crippen molar-refractivity contribution in [2.75, 3.05) is 0 Å². The molecule has 3 nitrogen and oxygen atoms in total. The molecule has 1 fully saturated rings. The van der Waals surface area contributed by atoms with Crippen LogP contribution in [0.25, 0.3) is 10.9 Å². The van der Waals surface area contributed by atoms with Gasteiger partial charge >= 0.3 is 7.12 Å². The van der Waals surface area contributed by atoms with Crippen molar-refractivity contribution in [1.29, 1.82) is 0 Å². The number of hydrogen-bond acceptors (Lipinski definition) is 3. The third-order valence-electron chi connectivity index (χ3n) is 4.43. The van der Waals surface area contributed by atoms with Gasteiger partial charge in [-0.05, 0) is 52.2 Å². The molecule has 1 aliphatic heterocycles. The Bertz CT molecular complexity index is 699. The van der Waals surface area contributed by atoms with Crippen molar-refractivity contribution in [3.8, 4) is 0 Å². The highest BCUT2D eigenvalue weighted by Crippen LogP contribution is 2.36. The number of halogens is 1. The lowest BCUT2D eigenvalue weighted by molar-refractivity contribution is 0.00578. The van der Waals surface area contributed by atoms with Gasteiger partial charge in [-0.15, -0.1) is 0 Å². The average Bonchev–Trinajstić information content (AvgIpc) is 2.59. The second-order valence-electron chi connectivity index (χ2n) is 6.62. The third kappa shape index (κ3) is 2.34. The first-order valence-electron chi connectivity index (χ1n) is 7.12. The smallest absolute Gasteiger partial charge is 0.399 e. The molecule has 0 radical (unpaired) electrons. The van der Waals surface area contributed by atoms with Gasteiger partial charge in [0, 0.05) is 11.1 Å². The van der Waals surface area contributed by atoms with Gasteiger partial charge in [-0.3, -0.25) is 4.98 Å². The van der Waals surface area contributed by atoms with Gasteiger partial charge in [0.25, 0.3) is 0 Å². The van der Waals surface area contributed by atoms with E-state index in [9.17, 15) is 4.39 Å². The Morgan fingerprint density at radius 2 is 1.67 bits per heavy atom. The van der Waals surface area contributed by atoms with Crippen molar-refractivity contribution in [1.82, 2.24) is 4.98 Å².